The van der Waals surface area contributed by atoms with E-state index in [9.17, 15) is 4.79 Å². The topological polar surface area (TPSA) is 62.2 Å². The zero-order valence-electron chi connectivity index (χ0n) is 10.7. The highest BCUT2D eigenvalue weighted by atomic mass is 32.1. The molecule has 4 nitrogen and oxygen atoms in total. The van der Waals surface area contributed by atoms with Gasteiger partial charge in [0, 0.05) is 5.69 Å². The summed E-state index contributed by atoms with van der Waals surface area (Å²) in [5, 5.41) is 12.8. The molecule has 0 aliphatic rings. The van der Waals surface area contributed by atoms with Crippen LogP contribution in [0, 0.1) is 0 Å². The molecule has 5 heteroatoms. The molecule has 1 amide bonds. The molecule has 1 aromatic carbocycles. The third-order valence-electron chi connectivity index (χ3n) is 2.61. The second kappa shape index (κ2) is 6.45. The maximum Gasteiger partial charge on any atom is 0.267 e. The van der Waals surface area contributed by atoms with E-state index in [0.29, 0.717) is 10.6 Å². The first-order valence-corrected chi connectivity index (χ1v) is 7.00. The Morgan fingerprint density at radius 2 is 2.32 bits per heavy atom. The van der Waals surface area contributed by atoms with E-state index in [0.717, 1.165) is 23.4 Å². The van der Waals surface area contributed by atoms with Crippen LogP contribution in [0.15, 0.2) is 30.5 Å². The maximum absolute atomic E-state index is 12.0. The van der Waals surface area contributed by atoms with E-state index in [1.54, 1.807) is 24.4 Å². The van der Waals surface area contributed by atoms with Crippen molar-refractivity contribution in [2.24, 2.45) is 0 Å². The molecule has 0 bridgehead atoms. The number of aromatic nitrogens is 1. The molecule has 1 aromatic heterocycles. The van der Waals surface area contributed by atoms with Crippen molar-refractivity contribution in [2.75, 3.05) is 5.32 Å². The Balaban J connectivity index is 2.06. The summed E-state index contributed by atoms with van der Waals surface area (Å²) >= 11 is 1.42. The molecule has 0 atom stereocenters. The predicted molar refractivity (Wildman–Crippen MR) is 76.4 cm³/mol. The summed E-state index contributed by atoms with van der Waals surface area (Å²) in [5.74, 6) is -0.157. The molecule has 2 N–H and O–H groups in total. The first kappa shape index (κ1) is 13.7. The lowest BCUT2D eigenvalue weighted by atomic mass is 10.2. The smallest absolute Gasteiger partial charge is 0.267 e. The van der Waals surface area contributed by atoms with Crippen molar-refractivity contribution in [3.63, 3.8) is 0 Å². The van der Waals surface area contributed by atoms with Crippen LogP contribution < -0.4 is 5.32 Å². The van der Waals surface area contributed by atoms with Crippen LogP contribution in [0.2, 0.25) is 0 Å². The number of aliphatic hydroxyl groups is 1. The number of nitrogens with zero attached hydrogens (tertiary/aromatic N) is 1. The minimum Gasteiger partial charge on any atom is -0.392 e. The standard InChI is InChI=1S/C14H16N2O2S/c1-2-4-13-15-8-12(19-13)14(18)16-11-6-3-5-10(7-11)9-17/h3,5-8,17H,2,4,9H2,1H3,(H,16,18). The van der Waals surface area contributed by atoms with E-state index in [-0.39, 0.29) is 12.5 Å². The predicted octanol–water partition coefficient (Wildman–Crippen LogP) is 2.84. The molecule has 0 aliphatic carbocycles. The van der Waals surface area contributed by atoms with E-state index in [4.69, 9.17) is 5.11 Å². The van der Waals surface area contributed by atoms with Gasteiger partial charge in [-0.05, 0) is 30.5 Å². The van der Waals surface area contributed by atoms with Crippen molar-refractivity contribution in [2.45, 2.75) is 26.4 Å². The van der Waals surface area contributed by atoms with Gasteiger partial charge in [-0.25, -0.2) is 4.98 Å². The number of hydrogen-bond acceptors (Lipinski definition) is 4. The number of benzene rings is 1. The van der Waals surface area contributed by atoms with Crippen LogP contribution in [0.25, 0.3) is 0 Å². The van der Waals surface area contributed by atoms with E-state index in [2.05, 4.69) is 17.2 Å². The van der Waals surface area contributed by atoms with E-state index in [1.807, 2.05) is 6.07 Å². The summed E-state index contributed by atoms with van der Waals surface area (Å²) in [4.78, 5) is 16.9. The normalized spacial score (nSPS) is 10.4. The van der Waals surface area contributed by atoms with Crippen molar-refractivity contribution in [3.05, 3.63) is 45.9 Å². The number of amides is 1. The second-order valence-electron chi connectivity index (χ2n) is 4.18. The van der Waals surface area contributed by atoms with Gasteiger partial charge in [0.2, 0.25) is 0 Å². The fourth-order valence-electron chi connectivity index (χ4n) is 1.68. The Morgan fingerprint density at radius 1 is 1.47 bits per heavy atom. The zero-order valence-corrected chi connectivity index (χ0v) is 11.5. The van der Waals surface area contributed by atoms with Crippen molar-refractivity contribution < 1.29 is 9.90 Å². The molecule has 1 heterocycles. The molecule has 0 unspecified atom stereocenters. The van der Waals surface area contributed by atoms with Crippen LogP contribution in [0.5, 0.6) is 0 Å². The van der Waals surface area contributed by atoms with Crippen LogP contribution in [0.4, 0.5) is 5.69 Å². The number of aliphatic hydroxyl groups excluding tert-OH is 1. The highest BCUT2D eigenvalue weighted by molar-refractivity contribution is 7.13. The minimum atomic E-state index is -0.157. The number of carbonyl (C=O) groups excluding carboxylic acids is 1. The highest BCUT2D eigenvalue weighted by Gasteiger charge is 2.10. The van der Waals surface area contributed by atoms with Crippen molar-refractivity contribution in [3.8, 4) is 0 Å². The van der Waals surface area contributed by atoms with Gasteiger partial charge in [0.25, 0.3) is 5.91 Å². The molecule has 0 aliphatic heterocycles. The zero-order chi connectivity index (χ0) is 13.7. The molecule has 0 saturated heterocycles. The van der Waals surface area contributed by atoms with Gasteiger partial charge in [-0.15, -0.1) is 11.3 Å². The fraction of sp³-hybridized carbons (Fsp3) is 0.286. The quantitative estimate of drug-likeness (QED) is 0.882. The van der Waals surface area contributed by atoms with Gasteiger partial charge in [0.15, 0.2) is 0 Å². The molecule has 100 valence electrons. The van der Waals surface area contributed by atoms with E-state index in [1.165, 1.54) is 11.3 Å². The number of thiazole rings is 1. The Labute approximate surface area is 116 Å². The van der Waals surface area contributed by atoms with Crippen LogP contribution in [0.1, 0.15) is 33.6 Å². The maximum atomic E-state index is 12.0. The molecule has 0 fully saturated rings. The number of rotatable bonds is 5. The van der Waals surface area contributed by atoms with Gasteiger partial charge in [-0.1, -0.05) is 19.1 Å². The monoisotopic (exact) mass is 276 g/mol. The van der Waals surface area contributed by atoms with Gasteiger partial charge < -0.3 is 10.4 Å². The summed E-state index contributed by atoms with van der Waals surface area (Å²) in [7, 11) is 0. The number of aryl methyl sites for hydroxylation is 1. The van der Waals surface area contributed by atoms with Gasteiger partial charge in [-0.2, -0.15) is 0 Å². The lowest BCUT2D eigenvalue weighted by Crippen LogP contribution is -2.10. The molecule has 0 saturated carbocycles. The first-order chi connectivity index (χ1) is 9.22. The molecule has 2 aromatic rings. The largest absolute Gasteiger partial charge is 0.392 e. The second-order valence-corrected chi connectivity index (χ2v) is 5.30. The average Bonchev–Trinajstić information content (AvgIpc) is 2.88. The summed E-state index contributed by atoms with van der Waals surface area (Å²) in [5.41, 5.74) is 1.45. The van der Waals surface area contributed by atoms with Crippen LogP contribution in [0.3, 0.4) is 0 Å². The minimum absolute atomic E-state index is 0.0368. The summed E-state index contributed by atoms with van der Waals surface area (Å²) in [6.45, 7) is 2.05. The van der Waals surface area contributed by atoms with Crippen LogP contribution in [-0.2, 0) is 13.0 Å². The van der Waals surface area contributed by atoms with Crippen LogP contribution >= 0.6 is 11.3 Å². The van der Waals surface area contributed by atoms with Gasteiger partial charge in [0.05, 0.1) is 17.8 Å². The first-order valence-electron chi connectivity index (χ1n) is 6.18. The fourth-order valence-corrected chi connectivity index (χ4v) is 2.60. The SMILES string of the molecule is CCCc1ncc(C(=O)Nc2cccc(CO)c2)s1. The number of hydrogen-bond donors (Lipinski definition) is 2. The molecular weight excluding hydrogens is 260 g/mol. The Bertz CT molecular complexity index is 566. The number of anilines is 1. The molecular formula is C14H16N2O2S. The van der Waals surface area contributed by atoms with Gasteiger partial charge >= 0.3 is 0 Å². The Kier molecular flexibility index (Phi) is 4.65. The highest BCUT2D eigenvalue weighted by Crippen LogP contribution is 2.17. The average molecular weight is 276 g/mol. The molecule has 0 spiro atoms. The van der Waals surface area contributed by atoms with Gasteiger partial charge in [0.1, 0.15) is 4.88 Å². The van der Waals surface area contributed by atoms with Crippen LogP contribution in [-0.4, -0.2) is 16.0 Å². The number of carbonyl (C=O) groups is 1. The third-order valence-corrected chi connectivity index (χ3v) is 3.66. The Hall–Kier alpha value is -1.72. The molecule has 19 heavy (non-hydrogen) atoms. The van der Waals surface area contributed by atoms with Crippen molar-refractivity contribution >= 4 is 22.9 Å². The lowest BCUT2D eigenvalue weighted by Gasteiger charge is -2.04. The van der Waals surface area contributed by atoms with Crippen molar-refractivity contribution in [1.29, 1.82) is 0 Å². The summed E-state index contributed by atoms with van der Waals surface area (Å²) in [6.07, 6.45) is 3.53. The van der Waals surface area contributed by atoms with E-state index >= 15 is 0 Å². The number of nitrogens with one attached hydrogen (secondary N) is 1. The molecule has 0 radical (unpaired) electrons. The third kappa shape index (κ3) is 3.62. The van der Waals surface area contributed by atoms with E-state index < -0.39 is 0 Å². The molecule has 2 rings (SSSR count). The Morgan fingerprint density at radius 3 is 3.05 bits per heavy atom. The summed E-state index contributed by atoms with van der Waals surface area (Å²) < 4.78 is 0. The lowest BCUT2D eigenvalue weighted by molar-refractivity contribution is 0.103. The van der Waals surface area contributed by atoms with Gasteiger partial charge in [-0.3, -0.25) is 4.79 Å². The van der Waals surface area contributed by atoms with Crippen molar-refractivity contribution in [1.82, 2.24) is 4.98 Å². The summed E-state index contributed by atoms with van der Waals surface area (Å²) in [6, 6.07) is 7.16.